The molecule has 1 aliphatic rings. The molecule has 0 atom stereocenters. The highest BCUT2D eigenvalue weighted by atomic mass is 32.2. The molecule has 4 aromatic carbocycles. The van der Waals surface area contributed by atoms with Crippen LogP contribution in [0.1, 0.15) is 27.0 Å². The standard InChI is InChI=1S/C28H22N2O2S/c31-22-13-10-19(11-14-22)16-17-29-28(32)21-12-15-26-24(18-21)30-27(20-6-2-1-3-7-20)23-8-4-5-9-25(23)33-26/h1-15,18,31H,16-17H2,(H,29,32). The van der Waals surface area contributed by atoms with Crippen molar-refractivity contribution in [3.8, 4) is 5.75 Å². The summed E-state index contributed by atoms with van der Waals surface area (Å²) in [4.78, 5) is 20.0. The molecule has 2 N–H and O–H groups in total. The van der Waals surface area contributed by atoms with Crippen LogP contribution in [0, 0.1) is 0 Å². The summed E-state index contributed by atoms with van der Waals surface area (Å²) in [7, 11) is 0. The van der Waals surface area contributed by atoms with Crippen LogP contribution in [0.3, 0.4) is 0 Å². The van der Waals surface area contributed by atoms with E-state index >= 15 is 0 Å². The zero-order valence-corrected chi connectivity index (χ0v) is 18.7. The summed E-state index contributed by atoms with van der Waals surface area (Å²) in [5.41, 5.74) is 5.47. The average molecular weight is 451 g/mol. The van der Waals surface area contributed by atoms with Crippen molar-refractivity contribution >= 4 is 29.1 Å². The summed E-state index contributed by atoms with van der Waals surface area (Å²) in [6.07, 6.45) is 0.693. The highest BCUT2D eigenvalue weighted by Gasteiger charge is 2.19. The third-order valence-electron chi connectivity index (χ3n) is 5.50. The Morgan fingerprint density at radius 3 is 2.42 bits per heavy atom. The third-order valence-corrected chi connectivity index (χ3v) is 6.64. The number of nitrogens with zero attached hydrogens (tertiary/aromatic N) is 1. The fourth-order valence-corrected chi connectivity index (χ4v) is 4.79. The van der Waals surface area contributed by atoms with Gasteiger partial charge in [-0.25, -0.2) is 4.99 Å². The van der Waals surface area contributed by atoms with Crippen molar-refractivity contribution in [2.45, 2.75) is 16.2 Å². The van der Waals surface area contributed by atoms with Gasteiger partial charge in [-0.1, -0.05) is 72.4 Å². The van der Waals surface area contributed by atoms with Gasteiger partial charge in [-0.15, -0.1) is 0 Å². The van der Waals surface area contributed by atoms with Gasteiger partial charge in [0.2, 0.25) is 0 Å². The Balaban J connectivity index is 1.41. The molecule has 5 heteroatoms. The van der Waals surface area contributed by atoms with E-state index in [1.54, 1.807) is 23.9 Å². The number of hydrogen-bond acceptors (Lipinski definition) is 4. The lowest BCUT2D eigenvalue weighted by Crippen LogP contribution is -2.25. The first kappa shape index (κ1) is 21.0. The lowest BCUT2D eigenvalue weighted by atomic mass is 10.0. The Morgan fingerprint density at radius 1 is 0.848 bits per heavy atom. The molecule has 5 rings (SSSR count). The van der Waals surface area contributed by atoms with E-state index in [1.807, 2.05) is 60.7 Å². The van der Waals surface area contributed by atoms with Crippen molar-refractivity contribution in [2.75, 3.05) is 6.54 Å². The highest BCUT2D eigenvalue weighted by molar-refractivity contribution is 7.99. The summed E-state index contributed by atoms with van der Waals surface area (Å²) in [5.74, 6) is 0.114. The molecule has 4 aromatic rings. The van der Waals surface area contributed by atoms with Gasteiger partial charge in [0.05, 0.1) is 11.4 Å². The molecular formula is C28H22N2O2S. The Kier molecular flexibility index (Phi) is 5.96. The lowest BCUT2D eigenvalue weighted by molar-refractivity contribution is 0.0954. The molecule has 33 heavy (non-hydrogen) atoms. The number of carbonyl (C=O) groups is 1. The first-order valence-corrected chi connectivity index (χ1v) is 11.6. The first-order chi connectivity index (χ1) is 16.2. The van der Waals surface area contributed by atoms with Gasteiger partial charge >= 0.3 is 0 Å². The second-order valence-electron chi connectivity index (χ2n) is 7.78. The number of hydrogen-bond donors (Lipinski definition) is 2. The van der Waals surface area contributed by atoms with E-state index in [0.29, 0.717) is 18.5 Å². The quantitative estimate of drug-likeness (QED) is 0.345. The number of rotatable bonds is 5. The topological polar surface area (TPSA) is 61.7 Å². The minimum Gasteiger partial charge on any atom is -0.508 e. The van der Waals surface area contributed by atoms with Gasteiger partial charge in [0, 0.05) is 33.0 Å². The molecule has 0 spiro atoms. The smallest absolute Gasteiger partial charge is 0.251 e. The number of amides is 1. The molecule has 0 unspecified atom stereocenters. The zero-order valence-electron chi connectivity index (χ0n) is 17.9. The molecule has 162 valence electrons. The normalized spacial score (nSPS) is 12.2. The number of carbonyl (C=O) groups excluding carboxylic acids is 1. The Labute approximate surface area is 197 Å². The minimum atomic E-state index is -0.125. The largest absolute Gasteiger partial charge is 0.508 e. The second kappa shape index (κ2) is 9.35. The summed E-state index contributed by atoms with van der Waals surface area (Å²) < 4.78 is 0. The molecule has 0 bridgehead atoms. The number of phenolic OH excluding ortho intramolecular Hbond substituents is 1. The number of fused-ring (bicyclic) bond motifs is 2. The van der Waals surface area contributed by atoms with Crippen molar-refractivity contribution in [1.82, 2.24) is 5.32 Å². The number of aromatic hydroxyl groups is 1. The van der Waals surface area contributed by atoms with E-state index in [2.05, 4.69) is 29.6 Å². The fourth-order valence-electron chi connectivity index (χ4n) is 3.78. The van der Waals surface area contributed by atoms with Crippen molar-refractivity contribution in [3.63, 3.8) is 0 Å². The van der Waals surface area contributed by atoms with Gasteiger partial charge in [0.15, 0.2) is 0 Å². The van der Waals surface area contributed by atoms with Crippen LogP contribution in [0.25, 0.3) is 0 Å². The van der Waals surface area contributed by atoms with E-state index in [1.165, 1.54) is 0 Å². The minimum absolute atomic E-state index is 0.125. The lowest BCUT2D eigenvalue weighted by Gasteiger charge is -2.08. The van der Waals surface area contributed by atoms with Gasteiger partial charge in [-0.05, 0) is 48.4 Å². The van der Waals surface area contributed by atoms with Crippen LogP contribution in [0.2, 0.25) is 0 Å². The third kappa shape index (κ3) is 4.69. The van der Waals surface area contributed by atoms with E-state index in [-0.39, 0.29) is 11.7 Å². The molecule has 0 radical (unpaired) electrons. The maximum Gasteiger partial charge on any atom is 0.251 e. The monoisotopic (exact) mass is 450 g/mol. The number of aliphatic imine (C=N–C) groups is 1. The van der Waals surface area contributed by atoms with Gasteiger partial charge in [-0.3, -0.25) is 4.79 Å². The van der Waals surface area contributed by atoms with Crippen LogP contribution < -0.4 is 5.32 Å². The Bertz CT molecular complexity index is 1330. The van der Waals surface area contributed by atoms with Crippen LogP contribution in [0.4, 0.5) is 5.69 Å². The predicted octanol–water partition coefficient (Wildman–Crippen LogP) is 6.00. The SMILES string of the molecule is O=C(NCCc1ccc(O)cc1)c1ccc2c(c1)N=C(c1ccccc1)c1ccccc1S2. The zero-order chi connectivity index (χ0) is 22.6. The molecule has 1 heterocycles. The number of benzene rings is 4. The van der Waals surface area contributed by atoms with Gasteiger partial charge < -0.3 is 10.4 Å². The molecule has 0 aliphatic carbocycles. The Hall–Kier alpha value is -3.83. The summed E-state index contributed by atoms with van der Waals surface area (Å²) in [5, 5.41) is 12.4. The molecule has 1 aliphatic heterocycles. The summed E-state index contributed by atoms with van der Waals surface area (Å²) >= 11 is 1.67. The van der Waals surface area contributed by atoms with Gasteiger partial charge in [0.25, 0.3) is 5.91 Å². The van der Waals surface area contributed by atoms with Crippen molar-refractivity contribution in [3.05, 3.63) is 119 Å². The van der Waals surface area contributed by atoms with Crippen LogP contribution in [-0.4, -0.2) is 23.3 Å². The number of nitrogens with one attached hydrogen (secondary N) is 1. The predicted molar refractivity (Wildman–Crippen MR) is 133 cm³/mol. The average Bonchev–Trinajstić information content (AvgIpc) is 3.02. The maximum atomic E-state index is 12.8. The molecule has 0 saturated carbocycles. The fraction of sp³-hybridized carbons (Fsp3) is 0.0714. The van der Waals surface area contributed by atoms with Crippen LogP contribution >= 0.6 is 11.8 Å². The van der Waals surface area contributed by atoms with E-state index < -0.39 is 0 Å². The molecule has 0 saturated heterocycles. The maximum absolute atomic E-state index is 12.8. The van der Waals surface area contributed by atoms with Crippen LogP contribution in [-0.2, 0) is 6.42 Å². The van der Waals surface area contributed by atoms with Gasteiger partial charge in [0.1, 0.15) is 5.75 Å². The molecule has 4 nitrogen and oxygen atoms in total. The van der Waals surface area contributed by atoms with E-state index in [9.17, 15) is 9.90 Å². The first-order valence-electron chi connectivity index (χ1n) is 10.8. The van der Waals surface area contributed by atoms with Crippen molar-refractivity contribution in [1.29, 1.82) is 0 Å². The van der Waals surface area contributed by atoms with Crippen LogP contribution in [0.5, 0.6) is 5.75 Å². The van der Waals surface area contributed by atoms with Gasteiger partial charge in [-0.2, -0.15) is 0 Å². The second-order valence-corrected chi connectivity index (χ2v) is 8.86. The Morgan fingerprint density at radius 2 is 1.61 bits per heavy atom. The van der Waals surface area contributed by atoms with E-state index in [4.69, 9.17) is 4.99 Å². The molecule has 0 aromatic heterocycles. The van der Waals surface area contributed by atoms with Crippen LogP contribution in [0.15, 0.2) is 112 Å². The highest BCUT2D eigenvalue weighted by Crippen LogP contribution is 2.41. The molecule has 0 fully saturated rings. The number of phenols is 1. The summed E-state index contributed by atoms with van der Waals surface area (Å²) in [6, 6.07) is 31.1. The summed E-state index contributed by atoms with van der Waals surface area (Å²) in [6.45, 7) is 0.513. The van der Waals surface area contributed by atoms with E-state index in [0.717, 1.165) is 37.9 Å². The molecular weight excluding hydrogens is 428 g/mol. The molecule has 1 amide bonds. The van der Waals surface area contributed by atoms with Crippen molar-refractivity contribution in [2.24, 2.45) is 4.99 Å². The van der Waals surface area contributed by atoms with Crippen molar-refractivity contribution < 1.29 is 9.90 Å².